The van der Waals surface area contributed by atoms with Crippen molar-refractivity contribution in [2.24, 2.45) is 10.1 Å². The second-order valence-electron chi connectivity index (χ2n) is 7.71. The van der Waals surface area contributed by atoms with Gasteiger partial charge in [0.05, 0.1) is 17.7 Å². The highest BCUT2D eigenvalue weighted by molar-refractivity contribution is 8.27. The number of benzene rings is 2. The summed E-state index contributed by atoms with van der Waals surface area (Å²) in [5.41, 5.74) is 1.39. The lowest BCUT2D eigenvalue weighted by Gasteiger charge is -2.20. The van der Waals surface area contributed by atoms with Crippen molar-refractivity contribution >= 4 is 51.4 Å². The summed E-state index contributed by atoms with van der Waals surface area (Å²) in [5, 5.41) is 15.6. The van der Waals surface area contributed by atoms with E-state index in [0.29, 0.717) is 38.9 Å². The van der Waals surface area contributed by atoms with E-state index in [9.17, 15) is 4.79 Å². The van der Waals surface area contributed by atoms with Crippen molar-refractivity contribution in [3.8, 4) is 17.2 Å². The predicted molar refractivity (Wildman–Crippen MR) is 144 cm³/mol. The Bertz CT molecular complexity index is 1440. The van der Waals surface area contributed by atoms with Crippen LogP contribution in [0.25, 0.3) is 6.08 Å². The minimum atomic E-state index is -0.542. The van der Waals surface area contributed by atoms with Crippen LogP contribution in [-0.2, 0) is 4.79 Å². The number of nitrogens with zero attached hydrogens (tertiary/aromatic N) is 4. The zero-order chi connectivity index (χ0) is 25.8. The van der Waals surface area contributed by atoms with Gasteiger partial charge in [0.1, 0.15) is 24.0 Å². The number of hydrogen-bond acceptors (Lipinski definition) is 8. The molecule has 186 valence electrons. The van der Waals surface area contributed by atoms with E-state index in [1.807, 2.05) is 36.4 Å². The fourth-order valence-electron chi connectivity index (χ4n) is 3.55. The second-order valence-corrected chi connectivity index (χ2v) is 9.07. The molecule has 0 atom stereocenters. The van der Waals surface area contributed by atoms with E-state index in [1.165, 1.54) is 30.0 Å². The lowest BCUT2D eigenvalue weighted by molar-refractivity contribution is -0.114. The van der Waals surface area contributed by atoms with Gasteiger partial charge in [-0.15, -0.1) is 0 Å². The first kappa shape index (κ1) is 24.5. The Balaban J connectivity index is 1.33. The van der Waals surface area contributed by atoms with Crippen LogP contribution in [0, 0.1) is 5.41 Å². The fraction of sp³-hybridized carbons (Fsp3) is 0.115. The molecule has 0 fully saturated rings. The number of para-hydroxylation sites is 1. The number of rotatable bonds is 8. The molecule has 3 heterocycles. The zero-order valence-electron chi connectivity index (χ0n) is 19.6. The van der Waals surface area contributed by atoms with Gasteiger partial charge in [0, 0.05) is 18.0 Å². The highest BCUT2D eigenvalue weighted by Gasteiger charge is 2.36. The zero-order valence-corrected chi connectivity index (χ0v) is 21.1. The van der Waals surface area contributed by atoms with E-state index in [2.05, 4.69) is 15.1 Å². The molecule has 0 bridgehead atoms. The Kier molecular flexibility index (Phi) is 7.20. The van der Waals surface area contributed by atoms with Crippen molar-refractivity contribution in [2.75, 3.05) is 20.3 Å². The summed E-state index contributed by atoms with van der Waals surface area (Å²) in [6.45, 7) is 0.562. The van der Waals surface area contributed by atoms with Gasteiger partial charge in [0.15, 0.2) is 17.3 Å². The Labute approximate surface area is 221 Å². The first-order valence-corrected chi connectivity index (χ1v) is 12.3. The van der Waals surface area contributed by atoms with Crippen LogP contribution in [-0.4, -0.2) is 52.3 Å². The number of pyridine rings is 1. The average molecular weight is 534 g/mol. The molecule has 11 heteroatoms. The van der Waals surface area contributed by atoms with Gasteiger partial charge >= 0.3 is 0 Å². The Hall–Kier alpha value is -4.15. The SMILES string of the molecule is COc1cc(C=C2C(=N)N3N=C(c4cccnc4)SC3=NC2=O)cc(Cl)c1OCCOc1ccccc1. The smallest absolute Gasteiger partial charge is 0.283 e. The number of aromatic nitrogens is 1. The summed E-state index contributed by atoms with van der Waals surface area (Å²) in [4.78, 5) is 21.0. The molecule has 3 aromatic rings. The molecule has 0 saturated heterocycles. The number of fused-ring (bicyclic) bond motifs is 1. The number of methoxy groups -OCH3 is 1. The molecule has 0 radical (unpaired) electrons. The van der Waals surface area contributed by atoms with Crippen molar-refractivity contribution in [3.63, 3.8) is 0 Å². The minimum absolute atomic E-state index is 0.0728. The van der Waals surface area contributed by atoms with Crippen molar-refractivity contribution in [2.45, 2.75) is 0 Å². The minimum Gasteiger partial charge on any atom is -0.493 e. The molecule has 37 heavy (non-hydrogen) atoms. The standard InChI is InChI=1S/C26H20ClN5O4S/c1-34-21-14-16(13-20(27)22(21)36-11-10-35-18-7-3-2-4-8-18)12-19-23(28)32-26(30-24(19)33)37-25(31-32)17-6-5-9-29-15-17/h2-9,12-15,28H,10-11H2,1H3. The molecule has 0 saturated carbocycles. The molecule has 0 aliphatic carbocycles. The van der Waals surface area contributed by atoms with Gasteiger partial charge in [-0.05, 0) is 59.8 Å². The van der Waals surface area contributed by atoms with Crippen LogP contribution in [0.3, 0.4) is 0 Å². The maximum Gasteiger partial charge on any atom is 0.283 e. The molecule has 0 unspecified atom stereocenters. The monoisotopic (exact) mass is 533 g/mol. The van der Waals surface area contributed by atoms with E-state index in [0.717, 1.165) is 11.3 Å². The molecule has 5 rings (SSSR count). The third-order valence-corrected chi connectivity index (χ3v) is 6.51. The number of amides is 1. The van der Waals surface area contributed by atoms with E-state index >= 15 is 0 Å². The highest BCUT2D eigenvalue weighted by atomic mass is 35.5. The second kappa shape index (κ2) is 10.9. The van der Waals surface area contributed by atoms with Gasteiger partial charge in [0.25, 0.3) is 5.91 Å². The van der Waals surface area contributed by atoms with Crippen LogP contribution in [0.15, 0.2) is 82.7 Å². The van der Waals surface area contributed by atoms with Crippen molar-refractivity contribution in [3.05, 3.63) is 88.7 Å². The number of amidine groups is 2. The van der Waals surface area contributed by atoms with Crippen LogP contribution in [0.2, 0.25) is 5.02 Å². The number of thioether (sulfide) groups is 1. The van der Waals surface area contributed by atoms with E-state index in [4.69, 9.17) is 31.2 Å². The molecule has 2 aliphatic rings. The lowest BCUT2D eigenvalue weighted by atomic mass is 10.1. The largest absolute Gasteiger partial charge is 0.493 e. The molecular formula is C26H20ClN5O4S. The number of aliphatic imine (C=N–C) groups is 1. The average Bonchev–Trinajstić information content (AvgIpc) is 3.35. The van der Waals surface area contributed by atoms with Crippen molar-refractivity contribution < 1.29 is 19.0 Å². The fourth-order valence-corrected chi connectivity index (χ4v) is 4.70. The molecule has 1 N–H and O–H groups in total. The van der Waals surface area contributed by atoms with Gasteiger partial charge in [-0.1, -0.05) is 29.8 Å². The van der Waals surface area contributed by atoms with Crippen molar-refractivity contribution in [1.82, 2.24) is 9.99 Å². The highest BCUT2D eigenvalue weighted by Crippen LogP contribution is 2.38. The maximum atomic E-state index is 12.8. The quantitative estimate of drug-likeness (QED) is 0.325. The van der Waals surface area contributed by atoms with Crippen LogP contribution in [0.4, 0.5) is 0 Å². The van der Waals surface area contributed by atoms with E-state index in [1.54, 1.807) is 30.6 Å². The summed E-state index contributed by atoms with van der Waals surface area (Å²) >= 11 is 7.70. The number of hydrazone groups is 1. The Morgan fingerprint density at radius 1 is 1.11 bits per heavy atom. The van der Waals surface area contributed by atoms with Crippen LogP contribution in [0.1, 0.15) is 11.1 Å². The molecule has 0 spiro atoms. The van der Waals surface area contributed by atoms with Crippen molar-refractivity contribution in [1.29, 1.82) is 5.41 Å². The molecule has 1 amide bonds. The topological polar surface area (TPSA) is 109 Å². The van der Waals surface area contributed by atoms with E-state index in [-0.39, 0.29) is 18.0 Å². The molecule has 2 aliphatic heterocycles. The normalized spacial score (nSPS) is 15.8. The van der Waals surface area contributed by atoms with Crippen LogP contribution >= 0.6 is 23.4 Å². The van der Waals surface area contributed by atoms with Gasteiger partial charge in [-0.2, -0.15) is 15.1 Å². The number of ether oxygens (including phenoxy) is 3. The Morgan fingerprint density at radius 3 is 2.68 bits per heavy atom. The molecule has 9 nitrogen and oxygen atoms in total. The lowest BCUT2D eigenvalue weighted by Crippen LogP contribution is -2.35. The summed E-state index contributed by atoms with van der Waals surface area (Å²) in [5.74, 6) is 0.848. The van der Waals surface area contributed by atoms with Gasteiger partial charge in [0.2, 0.25) is 5.17 Å². The predicted octanol–water partition coefficient (Wildman–Crippen LogP) is 4.87. The van der Waals surface area contributed by atoms with Gasteiger partial charge in [-0.3, -0.25) is 15.2 Å². The number of hydrogen-bond donors (Lipinski definition) is 1. The number of carbonyl (C=O) groups excluding carboxylic acids is 1. The summed E-state index contributed by atoms with van der Waals surface area (Å²) in [6.07, 6.45) is 4.86. The first-order valence-electron chi connectivity index (χ1n) is 11.1. The summed E-state index contributed by atoms with van der Waals surface area (Å²) in [7, 11) is 1.50. The number of carbonyl (C=O) groups is 1. The molecule has 2 aromatic carbocycles. The summed E-state index contributed by atoms with van der Waals surface area (Å²) in [6, 6.07) is 16.4. The third-order valence-electron chi connectivity index (χ3n) is 5.27. The third kappa shape index (κ3) is 5.35. The number of nitrogens with one attached hydrogen (secondary N) is 1. The maximum absolute atomic E-state index is 12.8. The van der Waals surface area contributed by atoms with Gasteiger partial charge < -0.3 is 14.2 Å². The first-order chi connectivity index (χ1) is 18.0. The van der Waals surface area contributed by atoms with Crippen LogP contribution in [0.5, 0.6) is 17.2 Å². The summed E-state index contributed by atoms with van der Waals surface area (Å²) < 4.78 is 16.9. The van der Waals surface area contributed by atoms with Crippen LogP contribution < -0.4 is 14.2 Å². The molecule has 1 aromatic heterocycles. The Morgan fingerprint density at radius 2 is 1.92 bits per heavy atom. The van der Waals surface area contributed by atoms with E-state index < -0.39 is 5.91 Å². The van der Waals surface area contributed by atoms with Gasteiger partial charge in [-0.25, -0.2) is 0 Å². The number of halogens is 1. The molecular weight excluding hydrogens is 514 g/mol.